The maximum atomic E-state index is 13.2. The predicted octanol–water partition coefficient (Wildman–Crippen LogP) is 3.48. The molecule has 2 nitrogen and oxygen atoms in total. The van der Waals surface area contributed by atoms with Gasteiger partial charge in [-0.2, -0.15) is 5.26 Å². The lowest BCUT2D eigenvalue weighted by Crippen LogP contribution is -2.49. The van der Waals surface area contributed by atoms with E-state index < -0.39 is 17.2 Å². The van der Waals surface area contributed by atoms with Crippen LogP contribution in [0, 0.1) is 28.9 Å². The highest BCUT2D eigenvalue weighted by atomic mass is 32.2. The molecule has 2 aliphatic rings. The third kappa shape index (κ3) is 2.97. The van der Waals surface area contributed by atoms with E-state index in [9.17, 15) is 14.0 Å². The van der Waals surface area contributed by atoms with Crippen molar-refractivity contribution in [2.45, 2.75) is 42.2 Å². The molecule has 0 bridgehead atoms. The second kappa shape index (κ2) is 5.34. The summed E-state index contributed by atoms with van der Waals surface area (Å²) in [6.07, 6.45) is 4.41. The highest BCUT2D eigenvalue weighted by Crippen LogP contribution is 2.43. The predicted molar refractivity (Wildman–Crippen MR) is 74.3 cm³/mol. The molecule has 2 fully saturated rings. The Morgan fingerprint density at radius 2 is 2.00 bits per heavy atom. The van der Waals surface area contributed by atoms with Crippen LogP contribution in [0.1, 0.15) is 25.7 Å². The van der Waals surface area contributed by atoms with Crippen molar-refractivity contribution in [1.82, 2.24) is 5.32 Å². The molecule has 0 aromatic heterocycles. The first kappa shape index (κ1) is 13.8. The molecule has 2 saturated carbocycles. The van der Waals surface area contributed by atoms with Crippen LogP contribution in [0.15, 0.2) is 23.1 Å². The van der Waals surface area contributed by atoms with Crippen LogP contribution in [0.3, 0.4) is 0 Å². The van der Waals surface area contributed by atoms with Gasteiger partial charge in [0.05, 0.1) is 6.07 Å². The Hall–Kier alpha value is -1.12. The van der Waals surface area contributed by atoms with E-state index in [0.717, 1.165) is 31.7 Å². The summed E-state index contributed by atoms with van der Waals surface area (Å²) < 4.78 is 26.1. The van der Waals surface area contributed by atoms with Crippen molar-refractivity contribution in [3.8, 4) is 6.07 Å². The zero-order chi connectivity index (χ0) is 14.2. The Morgan fingerprint density at radius 3 is 2.55 bits per heavy atom. The van der Waals surface area contributed by atoms with E-state index >= 15 is 0 Å². The standard InChI is InChI=1S/C15H16F2N2S/c16-13-6-5-12(7-14(13)17)20-9-15(8-18,10-1-2-10)19-11-3-4-11/h5-7,10-11,19H,1-4,9H2. The van der Waals surface area contributed by atoms with E-state index in [1.807, 2.05) is 0 Å². The van der Waals surface area contributed by atoms with Gasteiger partial charge in [0, 0.05) is 16.7 Å². The van der Waals surface area contributed by atoms with Crippen LogP contribution in [-0.4, -0.2) is 17.3 Å². The fourth-order valence-corrected chi connectivity index (χ4v) is 3.49. The normalized spacial score (nSPS) is 21.2. The van der Waals surface area contributed by atoms with Crippen molar-refractivity contribution in [1.29, 1.82) is 5.26 Å². The minimum atomic E-state index is -0.834. The van der Waals surface area contributed by atoms with Gasteiger partial charge >= 0.3 is 0 Å². The highest BCUT2D eigenvalue weighted by molar-refractivity contribution is 7.99. The number of hydrogen-bond acceptors (Lipinski definition) is 3. The Kier molecular flexibility index (Phi) is 3.70. The second-order valence-electron chi connectivity index (χ2n) is 5.64. The average Bonchev–Trinajstić information content (AvgIpc) is 3.31. The van der Waals surface area contributed by atoms with Gasteiger partial charge in [0.25, 0.3) is 0 Å². The van der Waals surface area contributed by atoms with E-state index in [1.54, 1.807) is 6.07 Å². The zero-order valence-corrected chi connectivity index (χ0v) is 11.9. The van der Waals surface area contributed by atoms with Crippen LogP contribution in [0.25, 0.3) is 0 Å². The van der Waals surface area contributed by atoms with Gasteiger partial charge in [0.1, 0.15) is 5.54 Å². The van der Waals surface area contributed by atoms with Crippen molar-refractivity contribution in [3.63, 3.8) is 0 Å². The molecule has 0 radical (unpaired) electrons. The van der Waals surface area contributed by atoms with Crippen LogP contribution >= 0.6 is 11.8 Å². The van der Waals surface area contributed by atoms with Crippen molar-refractivity contribution in [2.24, 2.45) is 5.92 Å². The average molecular weight is 294 g/mol. The number of nitrogens with one attached hydrogen (secondary N) is 1. The Morgan fingerprint density at radius 1 is 1.25 bits per heavy atom. The number of thioether (sulfide) groups is 1. The molecule has 0 amide bonds. The lowest BCUT2D eigenvalue weighted by atomic mass is 9.97. The third-order valence-corrected chi connectivity index (χ3v) is 5.06. The maximum Gasteiger partial charge on any atom is 0.159 e. The molecule has 1 atom stereocenters. The molecule has 106 valence electrons. The zero-order valence-electron chi connectivity index (χ0n) is 11.0. The van der Waals surface area contributed by atoms with Gasteiger partial charge in [0.2, 0.25) is 0 Å². The number of nitrogens with zero attached hydrogens (tertiary/aromatic N) is 1. The molecular weight excluding hydrogens is 278 g/mol. The summed E-state index contributed by atoms with van der Waals surface area (Å²) in [4.78, 5) is 0.668. The van der Waals surface area contributed by atoms with Gasteiger partial charge in [-0.1, -0.05) is 0 Å². The van der Waals surface area contributed by atoms with Gasteiger partial charge in [-0.25, -0.2) is 8.78 Å². The molecule has 2 aliphatic carbocycles. The SMILES string of the molecule is N#CC(CSc1ccc(F)c(F)c1)(NC1CC1)C1CC1. The quantitative estimate of drug-likeness (QED) is 0.816. The molecule has 0 heterocycles. The summed E-state index contributed by atoms with van der Waals surface area (Å²) >= 11 is 1.42. The molecular formula is C15H16F2N2S. The van der Waals surface area contributed by atoms with Gasteiger partial charge in [-0.3, -0.25) is 5.32 Å². The molecule has 1 unspecified atom stereocenters. The van der Waals surface area contributed by atoms with Crippen LogP contribution in [0.2, 0.25) is 0 Å². The lowest BCUT2D eigenvalue weighted by molar-refractivity contribution is 0.401. The summed E-state index contributed by atoms with van der Waals surface area (Å²) in [7, 11) is 0. The second-order valence-corrected chi connectivity index (χ2v) is 6.69. The van der Waals surface area contributed by atoms with Gasteiger partial charge in [-0.05, 0) is 49.8 Å². The fourth-order valence-electron chi connectivity index (χ4n) is 2.37. The molecule has 0 aliphatic heterocycles. The van der Waals surface area contributed by atoms with Crippen molar-refractivity contribution >= 4 is 11.8 Å². The molecule has 5 heteroatoms. The molecule has 3 rings (SSSR count). The van der Waals surface area contributed by atoms with Gasteiger partial charge < -0.3 is 0 Å². The third-order valence-electron chi connectivity index (χ3n) is 3.87. The molecule has 0 spiro atoms. The van der Waals surface area contributed by atoms with E-state index in [0.29, 0.717) is 22.6 Å². The van der Waals surface area contributed by atoms with E-state index in [4.69, 9.17) is 0 Å². The monoisotopic (exact) mass is 294 g/mol. The summed E-state index contributed by atoms with van der Waals surface area (Å²) in [5, 5.41) is 13.0. The topological polar surface area (TPSA) is 35.8 Å². The van der Waals surface area contributed by atoms with E-state index in [1.165, 1.54) is 17.8 Å². The smallest absolute Gasteiger partial charge is 0.159 e. The lowest BCUT2D eigenvalue weighted by Gasteiger charge is -2.27. The van der Waals surface area contributed by atoms with Crippen molar-refractivity contribution in [3.05, 3.63) is 29.8 Å². The number of halogens is 2. The first-order chi connectivity index (χ1) is 9.63. The molecule has 1 N–H and O–H groups in total. The van der Waals surface area contributed by atoms with Crippen molar-refractivity contribution < 1.29 is 8.78 Å². The molecule has 1 aromatic rings. The summed E-state index contributed by atoms with van der Waals surface area (Å²) in [6, 6.07) is 6.81. The number of nitriles is 1. The Bertz CT molecular complexity index is 549. The van der Waals surface area contributed by atoms with Gasteiger partial charge in [0.15, 0.2) is 11.6 Å². The molecule has 0 saturated heterocycles. The number of hydrogen-bond donors (Lipinski definition) is 1. The summed E-state index contributed by atoms with van der Waals surface area (Å²) in [5.41, 5.74) is -0.517. The first-order valence-electron chi connectivity index (χ1n) is 6.90. The Balaban J connectivity index is 1.69. The van der Waals surface area contributed by atoms with E-state index in [-0.39, 0.29) is 0 Å². The van der Waals surface area contributed by atoms with E-state index in [2.05, 4.69) is 11.4 Å². The van der Waals surface area contributed by atoms with Crippen LogP contribution in [0.5, 0.6) is 0 Å². The van der Waals surface area contributed by atoms with Crippen LogP contribution < -0.4 is 5.32 Å². The molecule has 20 heavy (non-hydrogen) atoms. The first-order valence-corrected chi connectivity index (χ1v) is 7.88. The minimum Gasteiger partial charge on any atom is -0.296 e. The Labute approximate surface area is 121 Å². The number of benzene rings is 1. The van der Waals surface area contributed by atoms with Crippen LogP contribution in [0.4, 0.5) is 8.78 Å². The summed E-state index contributed by atoms with van der Waals surface area (Å²) in [5.74, 6) is -0.695. The molecule has 1 aromatic carbocycles. The van der Waals surface area contributed by atoms with Crippen molar-refractivity contribution in [2.75, 3.05) is 5.75 Å². The highest BCUT2D eigenvalue weighted by Gasteiger charge is 2.48. The van der Waals surface area contributed by atoms with Crippen LogP contribution in [-0.2, 0) is 0 Å². The maximum absolute atomic E-state index is 13.2. The summed E-state index contributed by atoms with van der Waals surface area (Å²) in [6.45, 7) is 0. The largest absolute Gasteiger partial charge is 0.296 e. The fraction of sp³-hybridized carbons (Fsp3) is 0.533. The minimum absolute atomic E-state index is 0.394. The van der Waals surface area contributed by atoms with Gasteiger partial charge in [-0.15, -0.1) is 11.8 Å². The number of rotatable bonds is 6.